The lowest BCUT2D eigenvalue weighted by molar-refractivity contribution is 0.459. The van der Waals surface area contributed by atoms with Crippen molar-refractivity contribution in [1.82, 2.24) is 0 Å². The summed E-state index contributed by atoms with van der Waals surface area (Å²) < 4.78 is 13.0. The van der Waals surface area contributed by atoms with Crippen LogP contribution in [0.25, 0.3) is 0 Å². The molecule has 2 N–H and O–H groups in total. The standard InChI is InChI=1S/C14H21FN2/c1-2-11-4-3-8-17(9-7-11)14-6-5-12(15)10-13(14)16/h5-6,10-11H,2-4,7-9,16H2,1H3. The van der Waals surface area contributed by atoms with Crippen molar-refractivity contribution in [2.24, 2.45) is 5.92 Å². The summed E-state index contributed by atoms with van der Waals surface area (Å²) in [6, 6.07) is 4.71. The molecule has 0 radical (unpaired) electrons. The van der Waals surface area contributed by atoms with Crippen LogP contribution in [0.4, 0.5) is 15.8 Å². The van der Waals surface area contributed by atoms with Crippen LogP contribution in [0.1, 0.15) is 32.6 Å². The highest BCUT2D eigenvalue weighted by Crippen LogP contribution is 2.28. The van der Waals surface area contributed by atoms with Gasteiger partial charge in [-0.1, -0.05) is 13.3 Å². The van der Waals surface area contributed by atoms with Crippen molar-refractivity contribution >= 4 is 11.4 Å². The number of hydrogen-bond donors (Lipinski definition) is 1. The van der Waals surface area contributed by atoms with Crippen LogP contribution in [0, 0.1) is 11.7 Å². The van der Waals surface area contributed by atoms with Crippen LogP contribution in [0.15, 0.2) is 18.2 Å². The summed E-state index contributed by atoms with van der Waals surface area (Å²) in [6.07, 6.45) is 4.98. The molecule has 0 amide bonds. The van der Waals surface area contributed by atoms with Crippen LogP contribution < -0.4 is 10.6 Å². The molecule has 1 atom stereocenters. The van der Waals surface area contributed by atoms with Crippen LogP contribution in [0.5, 0.6) is 0 Å². The van der Waals surface area contributed by atoms with Gasteiger partial charge in [-0.2, -0.15) is 0 Å². The number of nitrogen functional groups attached to an aromatic ring is 1. The highest BCUT2D eigenvalue weighted by molar-refractivity contribution is 5.67. The Morgan fingerprint density at radius 2 is 2.18 bits per heavy atom. The number of rotatable bonds is 2. The smallest absolute Gasteiger partial charge is 0.125 e. The molecule has 17 heavy (non-hydrogen) atoms. The molecule has 94 valence electrons. The van der Waals surface area contributed by atoms with Gasteiger partial charge < -0.3 is 10.6 Å². The maximum absolute atomic E-state index is 13.0. The SMILES string of the molecule is CCC1CCCN(c2ccc(F)cc2N)CC1. The lowest BCUT2D eigenvalue weighted by atomic mass is 9.98. The number of nitrogens with zero attached hydrogens (tertiary/aromatic N) is 1. The number of nitrogens with two attached hydrogens (primary N) is 1. The lowest BCUT2D eigenvalue weighted by Gasteiger charge is -2.24. The molecule has 1 aromatic carbocycles. The highest BCUT2D eigenvalue weighted by atomic mass is 19.1. The number of benzene rings is 1. The van der Waals surface area contributed by atoms with Crippen LogP contribution in [0.3, 0.4) is 0 Å². The number of halogens is 1. The van der Waals surface area contributed by atoms with E-state index < -0.39 is 0 Å². The van der Waals surface area contributed by atoms with E-state index in [9.17, 15) is 4.39 Å². The molecular weight excluding hydrogens is 215 g/mol. The van der Waals surface area contributed by atoms with Gasteiger partial charge in [0.25, 0.3) is 0 Å². The molecule has 2 rings (SSSR count). The van der Waals surface area contributed by atoms with Crippen molar-refractivity contribution in [1.29, 1.82) is 0 Å². The molecule has 0 aliphatic carbocycles. The van der Waals surface area contributed by atoms with Gasteiger partial charge in [0, 0.05) is 13.1 Å². The lowest BCUT2D eigenvalue weighted by Crippen LogP contribution is -2.25. The zero-order valence-electron chi connectivity index (χ0n) is 10.5. The van der Waals surface area contributed by atoms with Gasteiger partial charge in [0.2, 0.25) is 0 Å². The summed E-state index contributed by atoms with van der Waals surface area (Å²) in [5, 5.41) is 0. The van der Waals surface area contributed by atoms with Crippen molar-refractivity contribution in [3.8, 4) is 0 Å². The first-order valence-electron chi connectivity index (χ1n) is 6.50. The van der Waals surface area contributed by atoms with E-state index >= 15 is 0 Å². The molecular formula is C14H21FN2. The first kappa shape index (κ1) is 12.2. The molecule has 1 heterocycles. The van der Waals surface area contributed by atoms with Gasteiger partial charge in [-0.25, -0.2) is 4.39 Å². The van der Waals surface area contributed by atoms with E-state index in [4.69, 9.17) is 5.73 Å². The summed E-state index contributed by atoms with van der Waals surface area (Å²) in [5.41, 5.74) is 7.43. The molecule has 1 aliphatic heterocycles. The maximum Gasteiger partial charge on any atom is 0.125 e. The minimum atomic E-state index is -0.257. The Labute approximate surface area is 103 Å². The summed E-state index contributed by atoms with van der Waals surface area (Å²) in [5.74, 6) is 0.578. The second kappa shape index (κ2) is 5.39. The minimum Gasteiger partial charge on any atom is -0.397 e. The first-order valence-corrected chi connectivity index (χ1v) is 6.50. The van der Waals surface area contributed by atoms with Crippen LogP contribution in [-0.2, 0) is 0 Å². The Hall–Kier alpha value is -1.25. The van der Waals surface area contributed by atoms with Crippen molar-refractivity contribution in [3.63, 3.8) is 0 Å². The molecule has 3 heteroatoms. The van der Waals surface area contributed by atoms with E-state index in [2.05, 4.69) is 11.8 Å². The monoisotopic (exact) mass is 236 g/mol. The first-order chi connectivity index (χ1) is 8.20. The molecule has 2 nitrogen and oxygen atoms in total. The van der Waals surface area contributed by atoms with Gasteiger partial charge in [-0.15, -0.1) is 0 Å². The third-order valence-electron chi connectivity index (χ3n) is 3.76. The Kier molecular flexibility index (Phi) is 3.87. The quantitative estimate of drug-likeness (QED) is 0.797. The van der Waals surface area contributed by atoms with Gasteiger partial charge in [-0.05, 0) is 43.4 Å². The zero-order chi connectivity index (χ0) is 12.3. The fourth-order valence-electron chi connectivity index (χ4n) is 2.63. The summed E-state index contributed by atoms with van der Waals surface area (Å²) in [7, 11) is 0. The van der Waals surface area contributed by atoms with Gasteiger partial charge in [0.05, 0.1) is 11.4 Å². The van der Waals surface area contributed by atoms with Gasteiger partial charge in [-0.3, -0.25) is 0 Å². The molecule has 0 aromatic heterocycles. The van der Waals surface area contributed by atoms with E-state index in [0.29, 0.717) is 5.69 Å². The van der Waals surface area contributed by atoms with Crippen molar-refractivity contribution in [3.05, 3.63) is 24.0 Å². The average Bonchev–Trinajstić information content (AvgIpc) is 2.54. The van der Waals surface area contributed by atoms with Gasteiger partial charge in [0.1, 0.15) is 5.82 Å². The largest absolute Gasteiger partial charge is 0.397 e. The van der Waals surface area contributed by atoms with E-state index in [1.807, 2.05) is 0 Å². The Morgan fingerprint density at radius 3 is 2.88 bits per heavy atom. The number of anilines is 2. The van der Waals surface area contributed by atoms with Gasteiger partial charge in [0.15, 0.2) is 0 Å². The second-order valence-electron chi connectivity index (χ2n) is 4.90. The second-order valence-corrected chi connectivity index (χ2v) is 4.90. The zero-order valence-corrected chi connectivity index (χ0v) is 10.5. The Morgan fingerprint density at radius 1 is 1.35 bits per heavy atom. The predicted molar refractivity (Wildman–Crippen MR) is 70.7 cm³/mol. The van der Waals surface area contributed by atoms with Crippen molar-refractivity contribution < 1.29 is 4.39 Å². The average molecular weight is 236 g/mol. The summed E-state index contributed by atoms with van der Waals surface area (Å²) >= 11 is 0. The van der Waals surface area contributed by atoms with E-state index in [0.717, 1.165) is 24.7 Å². The normalized spacial score (nSPS) is 21.3. The molecule has 1 aliphatic rings. The highest BCUT2D eigenvalue weighted by Gasteiger charge is 2.17. The molecule has 1 saturated heterocycles. The molecule has 0 spiro atoms. The topological polar surface area (TPSA) is 29.3 Å². The van der Waals surface area contributed by atoms with Crippen molar-refractivity contribution in [2.45, 2.75) is 32.6 Å². The van der Waals surface area contributed by atoms with Crippen LogP contribution >= 0.6 is 0 Å². The summed E-state index contributed by atoms with van der Waals surface area (Å²) in [4.78, 5) is 2.30. The van der Waals surface area contributed by atoms with E-state index in [-0.39, 0.29) is 5.82 Å². The predicted octanol–water partition coefficient (Wildman–Crippen LogP) is 3.42. The molecule has 0 bridgehead atoms. The summed E-state index contributed by atoms with van der Waals surface area (Å²) in [6.45, 7) is 4.33. The van der Waals surface area contributed by atoms with Crippen molar-refractivity contribution in [2.75, 3.05) is 23.7 Å². The third-order valence-corrected chi connectivity index (χ3v) is 3.76. The Balaban J connectivity index is 2.11. The molecule has 1 aromatic rings. The molecule has 1 fully saturated rings. The van der Waals surface area contributed by atoms with E-state index in [1.54, 1.807) is 6.07 Å². The number of hydrogen-bond acceptors (Lipinski definition) is 2. The minimum absolute atomic E-state index is 0.257. The van der Waals surface area contributed by atoms with Gasteiger partial charge >= 0.3 is 0 Å². The third kappa shape index (κ3) is 2.90. The van der Waals surface area contributed by atoms with Crippen LogP contribution in [0.2, 0.25) is 0 Å². The fourth-order valence-corrected chi connectivity index (χ4v) is 2.63. The maximum atomic E-state index is 13.0. The van der Waals surface area contributed by atoms with Crippen LogP contribution in [-0.4, -0.2) is 13.1 Å². The van der Waals surface area contributed by atoms with E-state index in [1.165, 1.54) is 37.8 Å². The Bertz CT molecular complexity index is 378. The molecule has 0 saturated carbocycles. The molecule has 1 unspecified atom stereocenters. The fraction of sp³-hybridized carbons (Fsp3) is 0.571.